The predicted molar refractivity (Wildman–Crippen MR) is 74.5 cm³/mol. The molecule has 0 aliphatic rings. The molecule has 0 spiro atoms. The van der Waals surface area contributed by atoms with Gasteiger partial charge in [0, 0.05) is 12.6 Å². The van der Waals surface area contributed by atoms with E-state index in [0.717, 1.165) is 9.90 Å². The monoisotopic (exact) mass is 280 g/mol. The summed E-state index contributed by atoms with van der Waals surface area (Å²) in [4.78, 5) is 12.5. The number of nitrogen functional groups attached to an aromatic ring is 1. The summed E-state index contributed by atoms with van der Waals surface area (Å²) < 4.78 is 1.50. The molecule has 0 radical (unpaired) electrons. The van der Waals surface area contributed by atoms with Crippen LogP contribution in [0.3, 0.4) is 0 Å². The Bertz CT molecular complexity index is 570. The van der Waals surface area contributed by atoms with Crippen LogP contribution in [0.5, 0.6) is 0 Å². The van der Waals surface area contributed by atoms with Crippen molar-refractivity contribution >= 4 is 40.0 Å². The maximum Gasteiger partial charge on any atom is 0.236 e. The molecule has 1 heterocycles. The van der Waals surface area contributed by atoms with E-state index in [4.69, 9.17) is 5.73 Å². The van der Waals surface area contributed by atoms with Crippen LogP contribution in [0.4, 0.5) is 10.8 Å². The van der Waals surface area contributed by atoms with Gasteiger partial charge in [-0.15, -0.1) is 10.2 Å². The Kier molecular flexibility index (Phi) is 3.83. The zero-order valence-corrected chi connectivity index (χ0v) is 11.6. The number of benzene rings is 1. The van der Waals surface area contributed by atoms with E-state index in [9.17, 15) is 4.79 Å². The molecule has 0 saturated carbocycles. The molecule has 2 aromatic rings. The molecule has 0 aliphatic carbocycles. The summed E-state index contributed by atoms with van der Waals surface area (Å²) in [7, 11) is 0. The number of anilines is 2. The highest BCUT2D eigenvalue weighted by atomic mass is 32.2. The zero-order chi connectivity index (χ0) is 13.1. The molecule has 0 bridgehead atoms. The molecule has 0 saturated heterocycles. The molecule has 0 atom stereocenters. The third-order valence-electron chi connectivity index (χ3n) is 2.08. The third kappa shape index (κ3) is 2.80. The van der Waals surface area contributed by atoms with E-state index in [0.29, 0.717) is 10.8 Å². The van der Waals surface area contributed by atoms with Crippen LogP contribution in [0.2, 0.25) is 0 Å². The van der Waals surface area contributed by atoms with Crippen molar-refractivity contribution in [3.8, 4) is 0 Å². The number of amides is 1. The van der Waals surface area contributed by atoms with Gasteiger partial charge in [0.05, 0.1) is 4.90 Å². The topological polar surface area (TPSA) is 72.1 Å². The van der Waals surface area contributed by atoms with Crippen molar-refractivity contribution in [1.82, 2.24) is 10.2 Å². The average molecular weight is 280 g/mol. The van der Waals surface area contributed by atoms with Gasteiger partial charge in [0.25, 0.3) is 0 Å². The van der Waals surface area contributed by atoms with Gasteiger partial charge in [-0.2, -0.15) is 0 Å². The summed E-state index contributed by atoms with van der Waals surface area (Å²) in [5.41, 5.74) is 6.50. The van der Waals surface area contributed by atoms with Crippen molar-refractivity contribution in [1.29, 1.82) is 0 Å². The number of aromatic nitrogens is 2. The highest BCUT2D eigenvalue weighted by molar-refractivity contribution is 8.01. The Morgan fingerprint density at radius 3 is 2.67 bits per heavy atom. The molecule has 0 fully saturated rings. The summed E-state index contributed by atoms with van der Waals surface area (Å²) in [5.74, 6) is -0.112. The van der Waals surface area contributed by atoms with Crippen molar-refractivity contribution in [3.05, 3.63) is 29.3 Å². The summed E-state index contributed by atoms with van der Waals surface area (Å²) >= 11 is 2.63. The summed E-state index contributed by atoms with van der Waals surface area (Å²) in [6, 6.07) is 7.39. The van der Waals surface area contributed by atoms with Crippen LogP contribution in [-0.2, 0) is 4.79 Å². The van der Waals surface area contributed by atoms with Crippen molar-refractivity contribution < 1.29 is 4.79 Å². The number of para-hydroxylation sites is 1. The van der Waals surface area contributed by atoms with Crippen LogP contribution in [0.1, 0.15) is 11.9 Å². The van der Waals surface area contributed by atoms with Crippen LogP contribution in [0.25, 0.3) is 0 Å². The lowest BCUT2D eigenvalue weighted by Gasteiger charge is -2.16. The number of hydrogen-bond acceptors (Lipinski definition) is 6. The van der Waals surface area contributed by atoms with Crippen molar-refractivity contribution in [2.75, 3.05) is 10.0 Å². The Labute approximate surface area is 113 Å². The number of carbonyl (C=O) groups is 1. The first-order valence-corrected chi connectivity index (χ1v) is 6.80. The molecule has 0 aliphatic heterocycles. The van der Waals surface area contributed by atoms with Gasteiger partial charge < -0.3 is 5.73 Å². The summed E-state index contributed by atoms with van der Waals surface area (Å²) in [6.45, 7) is 3.34. The minimum absolute atomic E-state index is 0.112. The van der Waals surface area contributed by atoms with E-state index in [1.165, 1.54) is 34.5 Å². The van der Waals surface area contributed by atoms with E-state index in [1.54, 1.807) is 6.07 Å². The maximum atomic E-state index is 11.7. The van der Waals surface area contributed by atoms with Crippen LogP contribution in [0.15, 0.2) is 29.2 Å². The van der Waals surface area contributed by atoms with E-state index in [2.05, 4.69) is 10.2 Å². The fourth-order valence-corrected chi connectivity index (χ4v) is 2.88. The van der Waals surface area contributed by atoms with Gasteiger partial charge in [-0.1, -0.05) is 23.5 Å². The minimum Gasteiger partial charge on any atom is -0.398 e. The molecule has 7 heteroatoms. The largest absolute Gasteiger partial charge is 0.398 e. The molecule has 1 aromatic heterocycles. The molecule has 18 heavy (non-hydrogen) atoms. The normalized spacial score (nSPS) is 10.3. The molecule has 94 valence electrons. The second-order valence-corrected chi connectivity index (χ2v) is 5.69. The van der Waals surface area contributed by atoms with E-state index < -0.39 is 0 Å². The Morgan fingerprint density at radius 1 is 1.39 bits per heavy atom. The first-order valence-electron chi connectivity index (χ1n) is 5.21. The zero-order valence-electron chi connectivity index (χ0n) is 9.95. The lowest BCUT2D eigenvalue weighted by Crippen LogP contribution is -2.20. The van der Waals surface area contributed by atoms with E-state index in [-0.39, 0.29) is 5.91 Å². The van der Waals surface area contributed by atoms with E-state index in [1.807, 2.05) is 25.1 Å². The SMILES string of the molecule is CC(=O)N(Sc1ccccc1N)c1nnc(C)s1. The smallest absolute Gasteiger partial charge is 0.236 e. The highest BCUT2D eigenvalue weighted by Gasteiger charge is 2.18. The molecule has 2 rings (SSSR count). The first-order chi connectivity index (χ1) is 8.58. The minimum atomic E-state index is -0.112. The van der Waals surface area contributed by atoms with Gasteiger partial charge in [0.1, 0.15) is 5.01 Å². The Morgan fingerprint density at radius 2 is 2.11 bits per heavy atom. The summed E-state index contributed by atoms with van der Waals surface area (Å²) in [6.07, 6.45) is 0. The molecule has 2 N–H and O–H groups in total. The Balaban J connectivity index is 2.28. The average Bonchev–Trinajstić information content (AvgIpc) is 2.74. The predicted octanol–water partition coefficient (Wildman–Crippen LogP) is 2.49. The lowest BCUT2D eigenvalue weighted by atomic mass is 10.3. The first kappa shape index (κ1) is 12.8. The summed E-state index contributed by atoms with van der Waals surface area (Å²) in [5, 5.41) is 9.27. The molecular formula is C11H12N4OS2. The number of aryl methyl sites for hydroxylation is 1. The molecular weight excluding hydrogens is 268 g/mol. The van der Waals surface area contributed by atoms with Gasteiger partial charge >= 0.3 is 0 Å². The number of carbonyl (C=O) groups excluding carboxylic acids is 1. The van der Waals surface area contributed by atoms with Gasteiger partial charge in [-0.3, -0.25) is 4.79 Å². The second kappa shape index (κ2) is 5.36. The van der Waals surface area contributed by atoms with E-state index >= 15 is 0 Å². The number of hydrogen-bond donors (Lipinski definition) is 1. The quantitative estimate of drug-likeness (QED) is 0.691. The molecule has 5 nitrogen and oxygen atoms in total. The van der Waals surface area contributed by atoms with Crippen LogP contribution in [0, 0.1) is 6.92 Å². The molecule has 1 aromatic carbocycles. The number of rotatable bonds is 3. The highest BCUT2D eigenvalue weighted by Crippen LogP contribution is 2.33. The van der Waals surface area contributed by atoms with Crippen LogP contribution >= 0.6 is 23.3 Å². The lowest BCUT2D eigenvalue weighted by molar-refractivity contribution is -0.115. The molecule has 0 unspecified atom stereocenters. The Hall–Kier alpha value is -1.60. The standard InChI is InChI=1S/C11H12N4OS2/c1-7-13-14-11(17-7)15(8(2)16)18-10-6-4-3-5-9(10)12/h3-6H,12H2,1-2H3. The fraction of sp³-hybridized carbons (Fsp3) is 0.182. The van der Waals surface area contributed by atoms with Crippen molar-refractivity contribution in [3.63, 3.8) is 0 Å². The maximum absolute atomic E-state index is 11.7. The van der Waals surface area contributed by atoms with Gasteiger partial charge in [0.2, 0.25) is 11.0 Å². The number of nitrogens with zero attached hydrogens (tertiary/aromatic N) is 3. The van der Waals surface area contributed by atoms with Gasteiger partial charge in [-0.25, -0.2) is 4.31 Å². The van der Waals surface area contributed by atoms with Crippen LogP contribution < -0.4 is 10.0 Å². The molecule has 1 amide bonds. The fourth-order valence-electron chi connectivity index (χ4n) is 1.27. The van der Waals surface area contributed by atoms with Crippen molar-refractivity contribution in [2.24, 2.45) is 0 Å². The number of nitrogens with two attached hydrogens (primary N) is 1. The third-order valence-corrected chi connectivity index (χ3v) is 4.20. The van der Waals surface area contributed by atoms with Crippen LogP contribution in [-0.4, -0.2) is 16.1 Å². The second-order valence-electron chi connectivity index (χ2n) is 3.55. The van der Waals surface area contributed by atoms with Crippen molar-refractivity contribution in [2.45, 2.75) is 18.7 Å². The van der Waals surface area contributed by atoms with Gasteiger partial charge in [0.15, 0.2) is 0 Å². The van der Waals surface area contributed by atoms with Gasteiger partial charge in [-0.05, 0) is 31.0 Å².